The van der Waals surface area contributed by atoms with Crippen LogP contribution in [0, 0.1) is 5.92 Å². The number of carbonyl (C=O) groups excluding carboxylic acids is 1. The molecule has 0 unspecified atom stereocenters. The van der Waals surface area contributed by atoms with E-state index in [9.17, 15) is 13.2 Å². The highest BCUT2D eigenvalue weighted by atomic mass is 32.2. The number of rotatable bonds is 8. The van der Waals surface area contributed by atoms with Gasteiger partial charge in [-0.25, -0.2) is 8.42 Å². The fourth-order valence-corrected chi connectivity index (χ4v) is 3.41. The lowest BCUT2D eigenvalue weighted by atomic mass is 9.98. The molecule has 2 atom stereocenters. The SMILES string of the molecule is CCC[C@H]1CN(S(C)(=O)=O)C[C@@H]1NC(=O)CCOCC. The minimum atomic E-state index is -3.19. The predicted molar refractivity (Wildman–Crippen MR) is 77.9 cm³/mol. The summed E-state index contributed by atoms with van der Waals surface area (Å²) in [6.45, 7) is 5.83. The largest absolute Gasteiger partial charge is 0.381 e. The third-order valence-electron chi connectivity index (χ3n) is 3.56. The molecule has 0 aromatic heterocycles. The number of hydrogen-bond acceptors (Lipinski definition) is 4. The Labute approximate surface area is 121 Å². The second-order valence-corrected chi connectivity index (χ2v) is 7.23. The van der Waals surface area contributed by atoms with Crippen LogP contribution in [0.5, 0.6) is 0 Å². The van der Waals surface area contributed by atoms with E-state index in [1.807, 2.05) is 6.92 Å². The van der Waals surface area contributed by atoms with Crippen LogP contribution in [0.25, 0.3) is 0 Å². The van der Waals surface area contributed by atoms with Crippen LogP contribution in [0.4, 0.5) is 0 Å². The lowest BCUT2D eigenvalue weighted by molar-refractivity contribution is -0.123. The van der Waals surface area contributed by atoms with Gasteiger partial charge in [0.05, 0.1) is 12.9 Å². The van der Waals surface area contributed by atoms with Crippen molar-refractivity contribution in [2.45, 2.75) is 39.2 Å². The molecular weight excluding hydrogens is 280 g/mol. The van der Waals surface area contributed by atoms with Gasteiger partial charge in [-0.15, -0.1) is 0 Å². The molecule has 1 aliphatic rings. The van der Waals surface area contributed by atoms with E-state index in [1.54, 1.807) is 0 Å². The number of nitrogens with zero attached hydrogens (tertiary/aromatic N) is 1. The summed E-state index contributed by atoms with van der Waals surface area (Å²) in [6.07, 6.45) is 3.44. The van der Waals surface area contributed by atoms with E-state index in [-0.39, 0.29) is 17.9 Å². The molecule has 0 aromatic rings. The first-order chi connectivity index (χ1) is 9.38. The molecule has 1 heterocycles. The van der Waals surface area contributed by atoms with Gasteiger partial charge >= 0.3 is 0 Å². The van der Waals surface area contributed by atoms with Gasteiger partial charge in [0.1, 0.15) is 0 Å². The summed E-state index contributed by atoms with van der Waals surface area (Å²) < 4.78 is 29.8. The van der Waals surface area contributed by atoms with E-state index >= 15 is 0 Å². The van der Waals surface area contributed by atoms with E-state index in [1.165, 1.54) is 10.6 Å². The van der Waals surface area contributed by atoms with E-state index in [2.05, 4.69) is 12.2 Å². The maximum absolute atomic E-state index is 11.8. The summed E-state index contributed by atoms with van der Waals surface area (Å²) in [7, 11) is -3.19. The zero-order chi connectivity index (χ0) is 15.2. The number of sulfonamides is 1. The van der Waals surface area contributed by atoms with E-state index in [4.69, 9.17) is 4.74 Å². The van der Waals surface area contributed by atoms with Crippen LogP contribution in [0.3, 0.4) is 0 Å². The molecule has 7 heteroatoms. The van der Waals surface area contributed by atoms with Crippen LogP contribution >= 0.6 is 0 Å². The van der Waals surface area contributed by atoms with Crippen LogP contribution in [0.15, 0.2) is 0 Å². The zero-order valence-electron chi connectivity index (χ0n) is 12.6. The Kier molecular flexibility index (Phi) is 6.91. The van der Waals surface area contributed by atoms with E-state index < -0.39 is 10.0 Å². The predicted octanol–water partition coefficient (Wildman–Crippen LogP) is 0.589. The molecule has 0 saturated carbocycles. The summed E-state index contributed by atoms with van der Waals surface area (Å²) in [6, 6.07) is -0.0844. The Bertz CT molecular complexity index is 411. The van der Waals surface area contributed by atoms with Gasteiger partial charge in [0.2, 0.25) is 15.9 Å². The number of nitrogens with one attached hydrogen (secondary N) is 1. The number of ether oxygens (including phenoxy) is 1. The number of hydrogen-bond donors (Lipinski definition) is 1. The fourth-order valence-electron chi connectivity index (χ4n) is 2.52. The third-order valence-corrected chi connectivity index (χ3v) is 4.80. The third kappa shape index (κ3) is 5.38. The molecule has 0 spiro atoms. The minimum absolute atomic E-state index is 0.0695. The van der Waals surface area contributed by atoms with Crippen molar-refractivity contribution in [2.24, 2.45) is 5.92 Å². The van der Waals surface area contributed by atoms with Gasteiger partial charge in [-0.2, -0.15) is 4.31 Å². The highest BCUT2D eigenvalue weighted by Gasteiger charge is 2.36. The van der Waals surface area contributed by atoms with Crippen molar-refractivity contribution in [3.63, 3.8) is 0 Å². The van der Waals surface area contributed by atoms with Crippen LogP contribution < -0.4 is 5.32 Å². The van der Waals surface area contributed by atoms with Crippen LogP contribution in [0.1, 0.15) is 33.1 Å². The van der Waals surface area contributed by atoms with Gasteiger partial charge in [0.25, 0.3) is 0 Å². The van der Waals surface area contributed by atoms with E-state index in [0.29, 0.717) is 32.7 Å². The maximum Gasteiger partial charge on any atom is 0.222 e. The molecule has 0 aromatic carbocycles. The Morgan fingerprint density at radius 3 is 2.60 bits per heavy atom. The van der Waals surface area contributed by atoms with Gasteiger partial charge in [0.15, 0.2) is 0 Å². The summed E-state index contributed by atoms with van der Waals surface area (Å²) in [4.78, 5) is 11.8. The topological polar surface area (TPSA) is 75.7 Å². The quantitative estimate of drug-likeness (QED) is 0.666. The van der Waals surface area contributed by atoms with Crippen LogP contribution in [0.2, 0.25) is 0 Å². The molecule has 1 amide bonds. The van der Waals surface area contributed by atoms with Crippen molar-refractivity contribution < 1.29 is 17.9 Å². The van der Waals surface area contributed by atoms with Crippen molar-refractivity contribution in [1.82, 2.24) is 9.62 Å². The maximum atomic E-state index is 11.8. The van der Waals surface area contributed by atoms with Crippen molar-refractivity contribution >= 4 is 15.9 Å². The zero-order valence-corrected chi connectivity index (χ0v) is 13.4. The molecule has 118 valence electrons. The molecule has 1 aliphatic heterocycles. The lowest BCUT2D eigenvalue weighted by Gasteiger charge is -2.19. The molecule has 0 bridgehead atoms. The second-order valence-electron chi connectivity index (χ2n) is 5.25. The first-order valence-corrected chi connectivity index (χ1v) is 9.05. The van der Waals surface area contributed by atoms with Gasteiger partial charge in [0, 0.05) is 32.2 Å². The molecule has 0 radical (unpaired) electrons. The van der Waals surface area contributed by atoms with Gasteiger partial charge < -0.3 is 10.1 Å². The standard InChI is InChI=1S/C13H26N2O4S/c1-4-6-11-9-15(20(3,17)18)10-12(11)14-13(16)7-8-19-5-2/h11-12H,4-10H2,1-3H3,(H,14,16)/t11-,12-/m0/s1. The first kappa shape index (κ1) is 17.4. The van der Waals surface area contributed by atoms with Gasteiger partial charge in [-0.05, 0) is 19.3 Å². The summed E-state index contributed by atoms with van der Waals surface area (Å²) in [5, 5.41) is 2.95. The van der Waals surface area contributed by atoms with Crippen molar-refractivity contribution in [3.8, 4) is 0 Å². The molecule has 1 rings (SSSR count). The highest BCUT2D eigenvalue weighted by molar-refractivity contribution is 7.88. The molecule has 20 heavy (non-hydrogen) atoms. The van der Waals surface area contributed by atoms with Crippen molar-refractivity contribution in [1.29, 1.82) is 0 Å². The van der Waals surface area contributed by atoms with Crippen LogP contribution in [-0.2, 0) is 19.6 Å². The Morgan fingerprint density at radius 2 is 2.05 bits per heavy atom. The van der Waals surface area contributed by atoms with Crippen LogP contribution in [-0.4, -0.2) is 57.2 Å². The Balaban J connectivity index is 2.55. The number of amides is 1. The Hall–Kier alpha value is -0.660. The summed E-state index contributed by atoms with van der Waals surface area (Å²) in [5.41, 5.74) is 0. The van der Waals surface area contributed by atoms with Gasteiger partial charge in [-0.3, -0.25) is 4.79 Å². The van der Waals surface area contributed by atoms with Crippen molar-refractivity contribution in [3.05, 3.63) is 0 Å². The normalized spacial score (nSPS) is 23.9. The van der Waals surface area contributed by atoms with E-state index in [0.717, 1.165) is 12.8 Å². The summed E-state index contributed by atoms with van der Waals surface area (Å²) >= 11 is 0. The fraction of sp³-hybridized carbons (Fsp3) is 0.923. The smallest absolute Gasteiger partial charge is 0.222 e. The molecule has 1 fully saturated rings. The Morgan fingerprint density at radius 1 is 1.35 bits per heavy atom. The summed E-state index contributed by atoms with van der Waals surface area (Å²) in [5.74, 6) is 0.130. The second kappa shape index (κ2) is 7.95. The molecule has 0 aliphatic carbocycles. The molecule has 1 saturated heterocycles. The van der Waals surface area contributed by atoms with Gasteiger partial charge in [-0.1, -0.05) is 13.3 Å². The first-order valence-electron chi connectivity index (χ1n) is 7.20. The monoisotopic (exact) mass is 306 g/mol. The highest BCUT2D eigenvalue weighted by Crippen LogP contribution is 2.23. The average molecular weight is 306 g/mol. The molecule has 6 nitrogen and oxygen atoms in total. The lowest BCUT2D eigenvalue weighted by Crippen LogP contribution is -2.41. The molecule has 1 N–H and O–H groups in total. The minimum Gasteiger partial charge on any atom is -0.381 e. The number of carbonyl (C=O) groups is 1. The molecular formula is C13H26N2O4S. The average Bonchev–Trinajstić information content (AvgIpc) is 2.73. The van der Waals surface area contributed by atoms with Crippen molar-refractivity contribution in [2.75, 3.05) is 32.6 Å².